The number of imidazole rings is 1. The first-order valence-electron chi connectivity index (χ1n) is 4.04. The summed E-state index contributed by atoms with van der Waals surface area (Å²) in [4.78, 5) is 6.75. The Morgan fingerprint density at radius 1 is 1.46 bits per heavy atom. The third kappa shape index (κ3) is 1.33. The number of hydrogen-bond acceptors (Lipinski definition) is 3. The van der Waals surface area contributed by atoms with Crippen LogP contribution in [0.25, 0.3) is 11.4 Å². The molecule has 0 unspecified atom stereocenters. The van der Waals surface area contributed by atoms with Crippen LogP contribution in [-0.4, -0.2) is 9.66 Å². The van der Waals surface area contributed by atoms with Crippen LogP contribution < -0.4 is 5.84 Å². The van der Waals surface area contributed by atoms with E-state index in [0.717, 1.165) is 11.4 Å². The SMILES string of the molecule is Cc1cc(-c2nccn2N)c(C)s1. The van der Waals surface area contributed by atoms with Gasteiger partial charge in [0.05, 0.1) is 0 Å². The normalized spacial score (nSPS) is 10.6. The monoisotopic (exact) mass is 193 g/mol. The average molecular weight is 193 g/mol. The molecule has 2 heterocycles. The third-order valence-corrected chi connectivity index (χ3v) is 2.92. The van der Waals surface area contributed by atoms with Gasteiger partial charge in [-0.1, -0.05) is 0 Å². The number of hydrogen-bond donors (Lipinski definition) is 1. The zero-order valence-electron chi connectivity index (χ0n) is 7.61. The lowest BCUT2D eigenvalue weighted by molar-refractivity contribution is 1.01. The lowest BCUT2D eigenvalue weighted by Crippen LogP contribution is -2.08. The van der Waals surface area contributed by atoms with Crippen LogP contribution in [0.2, 0.25) is 0 Å². The van der Waals surface area contributed by atoms with Crippen molar-refractivity contribution >= 4 is 11.3 Å². The number of nitrogens with zero attached hydrogens (tertiary/aromatic N) is 2. The van der Waals surface area contributed by atoms with E-state index in [2.05, 4.69) is 24.9 Å². The first-order chi connectivity index (χ1) is 6.18. The van der Waals surface area contributed by atoms with Gasteiger partial charge in [0.2, 0.25) is 0 Å². The predicted molar refractivity (Wildman–Crippen MR) is 55.2 cm³/mol. The fourth-order valence-electron chi connectivity index (χ4n) is 1.37. The largest absolute Gasteiger partial charge is 0.338 e. The Balaban J connectivity index is 2.58. The first-order valence-corrected chi connectivity index (χ1v) is 4.86. The second-order valence-electron chi connectivity index (χ2n) is 2.99. The van der Waals surface area contributed by atoms with E-state index in [4.69, 9.17) is 5.84 Å². The molecular weight excluding hydrogens is 182 g/mol. The van der Waals surface area contributed by atoms with E-state index >= 15 is 0 Å². The van der Waals surface area contributed by atoms with E-state index in [-0.39, 0.29) is 0 Å². The van der Waals surface area contributed by atoms with E-state index in [1.165, 1.54) is 9.75 Å². The van der Waals surface area contributed by atoms with E-state index in [1.807, 2.05) is 0 Å². The van der Waals surface area contributed by atoms with Crippen molar-refractivity contribution in [1.82, 2.24) is 9.66 Å². The summed E-state index contributed by atoms with van der Waals surface area (Å²) in [5.74, 6) is 6.54. The van der Waals surface area contributed by atoms with E-state index in [1.54, 1.807) is 28.4 Å². The molecule has 0 aliphatic rings. The summed E-state index contributed by atoms with van der Waals surface area (Å²) in [6, 6.07) is 2.12. The Kier molecular flexibility index (Phi) is 1.84. The van der Waals surface area contributed by atoms with Crippen LogP contribution >= 0.6 is 11.3 Å². The molecule has 0 aliphatic carbocycles. The molecule has 0 saturated carbocycles. The van der Waals surface area contributed by atoms with Crippen LogP contribution in [0.1, 0.15) is 9.75 Å². The summed E-state index contributed by atoms with van der Waals surface area (Å²) >= 11 is 1.77. The summed E-state index contributed by atoms with van der Waals surface area (Å²) in [7, 11) is 0. The Morgan fingerprint density at radius 3 is 2.69 bits per heavy atom. The number of thiophene rings is 1. The smallest absolute Gasteiger partial charge is 0.159 e. The van der Waals surface area contributed by atoms with E-state index in [0.29, 0.717) is 0 Å². The van der Waals surface area contributed by atoms with Crippen molar-refractivity contribution in [2.24, 2.45) is 0 Å². The van der Waals surface area contributed by atoms with Gasteiger partial charge in [0.25, 0.3) is 0 Å². The lowest BCUT2D eigenvalue weighted by Gasteiger charge is -1.98. The molecular formula is C9H11N3S. The molecule has 0 radical (unpaired) electrons. The van der Waals surface area contributed by atoms with Crippen molar-refractivity contribution in [2.75, 3.05) is 5.84 Å². The van der Waals surface area contributed by atoms with E-state index < -0.39 is 0 Å². The van der Waals surface area contributed by atoms with Gasteiger partial charge in [-0.25, -0.2) is 4.98 Å². The fourth-order valence-corrected chi connectivity index (χ4v) is 2.29. The molecule has 0 aliphatic heterocycles. The van der Waals surface area contributed by atoms with Crippen LogP contribution in [0.15, 0.2) is 18.5 Å². The first kappa shape index (κ1) is 8.31. The minimum atomic E-state index is 0.835. The Morgan fingerprint density at radius 2 is 2.23 bits per heavy atom. The highest BCUT2D eigenvalue weighted by Gasteiger charge is 2.09. The summed E-state index contributed by atoms with van der Waals surface area (Å²) in [6.07, 6.45) is 3.46. The van der Waals surface area contributed by atoms with Gasteiger partial charge in [0, 0.05) is 27.7 Å². The van der Waals surface area contributed by atoms with Gasteiger partial charge in [0.1, 0.15) is 0 Å². The van der Waals surface area contributed by atoms with Crippen molar-refractivity contribution in [1.29, 1.82) is 0 Å². The second-order valence-corrected chi connectivity index (χ2v) is 4.45. The molecule has 2 aromatic heterocycles. The molecule has 0 fully saturated rings. The van der Waals surface area contributed by atoms with Crippen molar-refractivity contribution in [2.45, 2.75) is 13.8 Å². The number of nitrogens with two attached hydrogens (primary N) is 1. The molecule has 13 heavy (non-hydrogen) atoms. The van der Waals surface area contributed by atoms with E-state index in [9.17, 15) is 0 Å². The molecule has 3 nitrogen and oxygen atoms in total. The van der Waals surface area contributed by atoms with Crippen molar-refractivity contribution in [3.05, 3.63) is 28.2 Å². The fraction of sp³-hybridized carbons (Fsp3) is 0.222. The number of nitrogen functional groups attached to an aromatic ring is 1. The highest BCUT2D eigenvalue weighted by Crippen LogP contribution is 2.28. The maximum atomic E-state index is 5.71. The third-order valence-electron chi connectivity index (χ3n) is 1.95. The van der Waals surface area contributed by atoms with Crippen LogP contribution in [0.3, 0.4) is 0 Å². The molecule has 0 amide bonds. The molecule has 4 heteroatoms. The summed E-state index contributed by atoms with van der Waals surface area (Å²) in [6.45, 7) is 4.17. The van der Waals surface area contributed by atoms with Crippen LogP contribution in [0.4, 0.5) is 0 Å². The Bertz CT molecular complexity index is 428. The van der Waals surface area contributed by atoms with Crippen LogP contribution in [0, 0.1) is 13.8 Å². The van der Waals surface area contributed by atoms with Gasteiger partial charge in [-0.2, -0.15) is 0 Å². The van der Waals surface area contributed by atoms with Crippen molar-refractivity contribution < 1.29 is 0 Å². The Labute approximate surface area is 80.8 Å². The van der Waals surface area contributed by atoms with Gasteiger partial charge >= 0.3 is 0 Å². The number of aromatic nitrogens is 2. The summed E-state index contributed by atoms with van der Waals surface area (Å²) in [5.41, 5.74) is 1.13. The molecule has 0 bridgehead atoms. The zero-order valence-corrected chi connectivity index (χ0v) is 8.43. The van der Waals surface area contributed by atoms with Gasteiger partial charge in [-0.05, 0) is 19.9 Å². The van der Waals surface area contributed by atoms with Gasteiger partial charge in [-0.3, -0.25) is 4.68 Å². The maximum absolute atomic E-state index is 5.71. The van der Waals surface area contributed by atoms with Crippen LogP contribution in [0.5, 0.6) is 0 Å². The maximum Gasteiger partial charge on any atom is 0.159 e. The molecule has 68 valence electrons. The standard InChI is InChI=1S/C9H11N3S/c1-6-5-8(7(2)13-6)9-11-3-4-12(9)10/h3-5H,10H2,1-2H3. The molecule has 0 atom stereocenters. The molecule has 2 rings (SSSR count). The molecule has 2 N–H and O–H groups in total. The minimum Gasteiger partial charge on any atom is -0.338 e. The second kappa shape index (κ2) is 2.88. The highest BCUT2D eigenvalue weighted by molar-refractivity contribution is 7.12. The topological polar surface area (TPSA) is 43.8 Å². The van der Waals surface area contributed by atoms with Gasteiger partial charge < -0.3 is 5.84 Å². The average Bonchev–Trinajstić information content (AvgIpc) is 2.58. The van der Waals surface area contributed by atoms with Crippen molar-refractivity contribution in [3.63, 3.8) is 0 Å². The number of rotatable bonds is 1. The molecule has 0 spiro atoms. The number of aryl methyl sites for hydroxylation is 2. The molecule has 0 aromatic carbocycles. The van der Waals surface area contributed by atoms with Crippen LogP contribution in [-0.2, 0) is 0 Å². The van der Waals surface area contributed by atoms with Gasteiger partial charge in [-0.15, -0.1) is 11.3 Å². The minimum absolute atomic E-state index is 0.835. The zero-order chi connectivity index (χ0) is 9.42. The Hall–Kier alpha value is -1.29. The predicted octanol–water partition coefficient (Wildman–Crippen LogP) is 1.94. The van der Waals surface area contributed by atoms with Crippen molar-refractivity contribution in [3.8, 4) is 11.4 Å². The summed E-state index contributed by atoms with van der Waals surface area (Å²) < 4.78 is 1.55. The quantitative estimate of drug-likeness (QED) is 0.703. The lowest BCUT2D eigenvalue weighted by atomic mass is 10.2. The summed E-state index contributed by atoms with van der Waals surface area (Å²) in [5, 5.41) is 0. The van der Waals surface area contributed by atoms with Gasteiger partial charge in [0.15, 0.2) is 5.82 Å². The molecule has 2 aromatic rings. The highest BCUT2D eigenvalue weighted by atomic mass is 32.1. The molecule has 0 saturated heterocycles.